The Morgan fingerprint density at radius 3 is 2.39 bits per heavy atom. The molecule has 2 rings (SSSR count). The molecular weight excluding hydrogens is 374 g/mol. The number of anilines is 2. The van der Waals surface area contributed by atoms with Gasteiger partial charge in [-0.05, 0) is 55.0 Å². The van der Waals surface area contributed by atoms with E-state index in [1.54, 1.807) is 48.5 Å². The first-order valence-electron chi connectivity index (χ1n) is 9.15. The molecular formula is C21H25N3O3S. The molecule has 0 aliphatic rings. The second-order valence-corrected chi connectivity index (χ2v) is 6.92. The van der Waals surface area contributed by atoms with E-state index < -0.39 is 0 Å². The molecule has 148 valence electrons. The number of hydrogen-bond acceptors (Lipinski definition) is 4. The monoisotopic (exact) mass is 399 g/mol. The molecule has 0 saturated heterocycles. The van der Waals surface area contributed by atoms with Crippen molar-refractivity contribution >= 4 is 40.5 Å². The quantitative estimate of drug-likeness (QED) is 0.608. The molecule has 0 aromatic heterocycles. The first-order chi connectivity index (χ1) is 13.4. The van der Waals surface area contributed by atoms with Gasteiger partial charge in [0.25, 0.3) is 5.91 Å². The van der Waals surface area contributed by atoms with E-state index in [1.807, 2.05) is 20.8 Å². The number of hydrogen-bond donors (Lipinski definition) is 3. The van der Waals surface area contributed by atoms with Gasteiger partial charge in [0.2, 0.25) is 5.91 Å². The van der Waals surface area contributed by atoms with Crippen molar-refractivity contribution in [1.82, 2.24) is 5.32 Å². The van der Waals surface area contributed by atoms with E-state index in [0.29, 0.717) is 29.3 Å². The van der Waals surface area contributed by atoms with Gasteiger partial charge in [-0.1, -0.05) is 32.9 Å². The molecule has 28 heavy (non-hydrogen) atoms. The number of nitrogens with one attached hydrogen (secondary N) is 3. The van der Waals surface area contributed by atoms with Gasteiger partial charge in [0, 0.05) is 22.9 Å². The predicted octanol–water partition coefficient (Wildman–Crippen LogP) is 4.20. The van der Waals surface area contributed by atoms with E-state index >= 15 is 0 Å². The van der Waals surface area contributed by atoms with Crippen LogP contribution in [0.3, 0.4) is 0 Å². The maximum absolute atomic E-state index is 12.4. The minimum absolute atomic E-state index is 0.0711. The zero-order chi connectivity index (χ0) is 20.5. The van der Waals surface area contributed by atoms with Crippen LogP contribution in [0.1, 0.15) is 37.6 Å². The maximum atomic E-state index is 12.4. The summed E-state index contributed by atoms with van der Waals surface area (Å²) in [5.74, 6) is 0.123. The Balaban J connectivity index is 1.96. The van der Waals surface area contributed by atoms with E-state index in [2.05, 4.69) is 16.0 Å². The number of rotatable bonds is 7. The van der Waals surface area contributed by atoms with Gasteiger partial charge < -0.3 is 15.4 Å². The number of ether oxygens (including phenoxy) is 1. The van der Waals surface area contributed by atoms with Crippen LogP contribution in [-0.4, -0.2) is 23.5 Å². The van der Waals surface area contributed by atoms with Crippen molar-refractivity contribution in [1.29, 1.82) is 0 Å². The minimum Gasteiger partial charge on any atom is -0.494 e. The lowest BCUT2D eigenvalue weighted by Crippen LogP contribution is -2.34. The second-order valence-electron chi connectivity index (χ2n) is 6.51. The molecule has 3 N–H and O–H groups in total. The molecule has 0 spiro atoms. The molecule has 0 fully saturated rings. The molecule has 2 aromatic carbocycles. The second kappa shape index (κ2) is 10.4. The summed E-state index contributed by atoms with van der Waals surface area (Å²) >= 11 is 5.23. The summed E-state index contributed by atoms with van der Waals surface area (Å²) in [7, 11) is 0. The van der Waals surface area contributed by atoms with Crippen LogP contribution in [0.4, 0.5) is 11.4 Å². The van der Waals surface area contributed by atoms with Gasteiger partial charge in [-0.2, -0.15) is 0 Å². The van der Waals surface area contributed by atoms with Gasteiger partial charge in [0.15, 0.2) is 5.11 Å². The lowest BCUT2D eigenvalue weighted by Gasteiger charge is -2.12. The highest BCUT2D eigenvalue weighted by Crippen LogP contribution is 2.16. The van der Waals surface area contributed by atoms with Gasteiger partial charge in [-0.15, -0.1) is 0 Å². The van der Waals surface area contributed by atoms with Crippen LogP contribution in [0.5, 0.6) is 5.75 Å². The lowest BCUT2D eigenvalue weighted by atomic mass is 10.2. The van der Waals surface area contributed by atoms with Crippen molar-refractivity contribution in [2.24, 2.45) is 5.92 Å². The molecule has 7 heteroatoms. The van der Waals surface area contributed by atoms with Crippen molar-refractivity contribution in [2.45, 2.75) is 27.2 Å². The van der Waals surface area contributed by atoms with Crippen LogP contribution in [-0.2, 0) is 4.79 Å². The van der Waals surface area contributed by atoms with Crippen molar-refractivity contribution in [3.05, 3.63) is 54.1 Å². The number of benzene rings is 2. The van der Waals surface area contributed by atoms with Crippen LogP contribution in [0.2, 0.25) is 0 Å². The summed E-state index contributed by atoms with van der Waals surface area (Å²) in [5, 5.41) is 8.58. The Morgan fingerprint density at radius 2 is 1.71 bits per heavy atom. The van der Waals surface area contributed by atoms with Crippen LogP contribution in [0, 0.1) is 5.92 Å². The van der Waals surface area contributed by atoms with E-state index in [0.717, 1.165) is 6.42 Å². The van der Waals surface area contributed by atoms with Crippen LogP contribution in [0.25, 0.3) is 0 Å². The lowest BCUT2D eigenvalue weighted by molar-refractivity contribution is -0.118. The number of carbonyl (C=O) groups is 2. The Bertz CT molecular complexity index is 852. The summed E-state index contributed by atoms with van der Waals surface area (Å²) in [6.45, 7) is 6.26. The third-order valence-corrected chi connectivity index (χ3v) is 3.91. The molecule has 0 unspecified atom stereocenters. The highest BCUT2D eigenvalue weighted by Gasteiger charge is 2.10. The number of carbonyl (C=O) groups excluding carboxylic acids is 2. The third kappa shape index (κ3) is 6.66. The smallest absolute Gasteiger partial charge is 0.257 e. The largest absolute Gasteiger partial charge is 0.494 e. The van der Waals surface area contributed by atoms with E-state index in [1.165, 1.54) is 0 Å². The average molecular weight is 400 g/mol. The molecule has 2 aromatic rings. The highest BCUT2D eigenvalue weighted by atomic mass is 32.1. The fourth-order valence-corrected chi connectivity index (χ4v) is 2.46. The first kappa shape index (κ1) is 21.4. The van der Waals surface area contributed by atoms with Crippen molar-refractivity contribution in [3.8, 4) is 5.75 Å². The van der Waals surface area contributed by atoms with Gasteiger partial charge in [-0.25, -0.2) is 0 Å². The summed E-state index contributed by atoms with van der Waals surface area (Å²) in [6.07, 6.45) is 0.890. The number of thiocarbonyl (C=S) groups is 1. The molecule has 0 aliphatic heterocycles. The Hall–Kier alpha value is -2.93. The topological polar surface area (TPSA) is 79.5 Å². The van der Waals surface area contributed by atoms with E-state index in [9.17, 15) is 9.59 Å². The Labute approximate surface area is 170 Å². The van der Waals surface area contributed by atoms with Gasteiger partial charge in [-0.3, -0.25) is 14.9 Å². The van der Waals surface area contributed by atoms with Crippen molar-refractivity contribution in [3.63, 3.8) is 0 Å². The summed E-state index contributed by atoms with van der Waals surface area (Å²) in [4.78, 5) is 24.2. The molecule has 0 aliphatic carbocycles. The fourth-order valence-electron chi connectivity index (χ4n) is 2.25. The first-order valence-corrected chi connectivity index (χ1v) is 9.56. The predicted molar refractivity (Wildman–Crippen MR) is 116 cm³/mol. The third-order valence-electron chi connectivity index (χ3n) is 3.71. The summed E-state index contributed by atoms with van der Waals surface area (Å²) < 4.78 is 5.55. The maximum Gasteiger partial charge on any atom is 0.257 e. The minimum atomic E-state index is -0.330. The zero-order valence-corrected chi connectivity index (χ0v) is 17.1. The van der Waals surface area contributed by atoms with E-state index in [-0.39, 0.29) is 22.8 Å². The summed E-state index contributed by atoms with van der Waals surface area (Å²) in [5.41, 5.74) is 1.76. The molecule has 0 heterocycles. The van der Waals surface area contributed by atoms with Crippen LogP contribution < -0.4 is 20.7 Å². The van der Waals surface area contributed by atoms with Gasteiger partial charge >= 0.3 is 0 Å². The summed E-state index contributed by atoms with van der Waals surface area (Å²) in [6, 6.07) is 14.1. The molecule has 0 bridgehead atoms. The Kier molecular flexibility index (Phi) is 7.95. The normalized spacial score (nSPS) is 10.3. The molecule has 2 amide bonds. The average Bonchev–Trinajstić information content (AvgIpc) is 2.66. The SMILES string of the molecule is CCCOc1cccc(C(=O)NC(=S)Nc2cccc(NC(=O)C(C)C)c2)c1. The van der Waals surface area contributed by atoms with Crippen molar-refractivity contribution < 1.29 is 14.3 Å². The molecule has 0 radical (unpaired) electrons. The standard InChI is InChI=1S/C21H25N3O3S/c1-4-11-27-18-10-5-7-15(12-18)20(26)24-21(28)23-17-9-6-8-16(13-17)22-19(25)14(2)3/h5-10,12-14H,4,11H2,1-3H3,(H,22,25)(H2,23,24,26,28). The molecule has 0 atom stereocenters. The molecule has 6 nitrogen and oxygen atoms in total. The van der Waals surface area contributed by atoms with Gasteiger partial charge in [0.05, 0.1) is 6.61 Å². The van der Waals surface area contributed by atoms with Crippen LogP contribution >= 0.6 is 12.2 Å². The molecule has 0 saturated carbocycles. The van der Waals surface area contributed by atoms with Crippen LogP contribution in [0.15, 0.2) is 48.5 Å². The van der Waals surface area contributed by atoms with Crippen molar-refractivity contribution in [2.75, 3.05) is 17.2 Å². The number of amides is 2. The fraction of sp³-hybridized carbons (Fsp3) is 0.286. The van der Waals surface area contributed by atoms with E-state index in [4.69, 9.17) is 17.0 Å². The van der Waals surface area contributed by atoms with Gasteiger partial charge in [0.1, 0.15) is 5.75 Å². The Morgan fingerprint density at radius 1 is 1.04 bits per heavy atom. The zero-order valence-electron chi connectivity index (χ0n) is 16.2. The highest BCUT2D eigenvalue weighted by molar-refractivity contribution is 7.80.